The van der Waals surface area contributed by atoms with Crippen molar-refractivity contribution in [2.24, 2.45) is 0 Å². The zero-order valence-electron chi connectivity index (χ0n) is 9.25. The van der Waals surface area contributed by atoms with Crippen LogP contribution >= 0.6 is 15.9 Å². The number of benzene rings is 2. The average molecular weight is 331 g/mol. The highest BCUT2D eigenvalue weighted by atomic mass is 79.9. The summed E-state index contributed by atoms with van der Waals surface area (Å²) in [5.41, 5.74) is -1.03. The van der Waals surface area contributed by atoms with Gasteiger partial charge in [-0.25, -0.2) is 18.0 Å². The van der Waals surface area contributed by atoms with Gasteiger partial charge in [0.05, 0.1) is 15.6 Å². The highest BCUT2D eigenvalue weighted by molar-refractivity contribution is 9.10. The molecule has 0 atom stereocenters. The molecule has 0 unspecified atom stereocenters. The minimum Gasteiger partial charge on any atom is -0.478 e. The number of hydrogen-bond donors (Lipinski definition) is 1. The summed E-state index contributed by atoms with van der Waals surface area (Å²) in [6, 6.07) is 4.85. The van der Waals surface area contributed by atoms with Gasteiger partial charge in [0.25, 0.3) is 0 Å². The Morgan fingerprint density at radius 1 is 1.11 bits per heavy atom. The highest BCUT2D eigenvalue weighted by Gasteiger charge is 2.17. The number of hydrogen-bond acceptors (Lipinski definition) is 1. The second-order valence-electron chi connectivity index (χ2n) is 3.75. The largest absolute Gasteiger partial charge is 0.478 e. The second-order valence-corrected chi connectivity index (χ2v) is 4.61. The van der Waals surface area contributed by atoms with Crippen LogP contribution in [0.25, 0.3) is 11.1 Å². The Kier molecular flexibility index (Phi) is 3.61. The minimum absolute atomic E-state index is 0.00466. The standard InChI is InChI=1S/C13H6BrF3O2/c14-9-1-2-10(16)11(12(9)17)6-3-7(13(18)19)5-8(15)4-6/h1-5H,(H,18,19). The van der Waals surface area contributed by atoms with Gasteiger partial charge in [-0.1, -0.05) is 0 Å². The van der Waals surface area contributed by atoms with E-state index >= 15 is 0 Å². The summed E-state index contributed by atoms with van der Waals surface area (Å²) in [4.78, 5) is 10.8. The Labute approximate surface area is 114 Å². The zero-order valence-corrected chi connectivity index (χ0v) is 10.8. The van der Waals surface area contributed by atoms with Crippen molar-refractivity contribution in [3.63, 3.8) is 0 Å². The van der Waals surface area contributed by atoms with Gasteiger partial charge in [0, 0.05) is 0 Å². The normalized spacial score (nSPS) is 10.5. The number of carboxylic acid groups (broad SMARTS) is 1. The molecule has 2 nitrogen and oxygen atoms in total. The van der Waals surface area contributed by atoms with E-state index in [1.165, 1.54) is 6.07 Å². The lowest BCUT2D eigenvalue weighted by Crippen LogP contribution is -1.99. The maximum atomic E-state index is 13.9. The molecule has 0 aromatic heterocycles. The van der Waals surface area contributed by atoms with E-state index in [1.54, 1.807) is 0 Å². The van der Waals surface area contributed by atoms with Gasteiger partial charge in [-0.2, -0.15) is 0 Å². The van der Waals surface area contributed by atoms with Crippen LogP contribution in [0.3, 0.4) is 0 Å². The quantitative estimate of drug-likeness (QED) is 0.836. The van der Waals surface area contributed by atoms with Crippen molar-refractivity contribution in [3.8, 4) is 11.1 Å². The summed E-state index contributed by atoms with van der Waals surface area (Å²) in [6.45, 7) is 0. The zero-order chi connectivity index (χ0) is 14.2. The van der Waals surface area contributed by atoms with Crippen LogP contribution in [0.15, 0.2) is 34.8 Å². The molecule has 0 aliphatic heterocycles. The van der Waals surface area contributed by atoms with Crippen molar-refractivity contribution < 1.29 is 23.1 Å². The maximum absolute atomic E-state index is 13.9. The molecule has 0 fully saturated rings. The maximum Gasteiger partial charge on any atom is 0.335 e. The predicted octanol–water partition coefficient (Wildman–Crippen LogP) is 4.23. The molecule has 0 bridgehead atoms. The Morgan fingerprint density at radius 2 is 1.79 bits per heavy atom. The molecule has 2 aromatic carbocycles. The Hall–Kier alpha value is -1.82. The first kappa shape index (κ1) is 13.6. The average Bonchev–Trinajstić information content (AvgIpc) is 2.34. The van der Waals surface area contributed by atoms with E-state index in [0.717, 1.165) is 24.3 Å². The molecule has 0 spiro atoms. The summed E-state index contributed by atoms with van der Waals surface area (Å²) in [5.74, 6) is -4.07. The van der Waals surface area contributed by atoms with Gasteiger partial charge in [0.15, 0.2) is 0 Å². The topological polar surface area (TPSA) is 37.3 Å². The Bertz CT molecular complexity index is 671. The predicted molar refractivity (Wildman–Crippen MR) is 66.4 cm³/mol. The van der Waals surface area contributed by atoms with Crippen molar-refractivity contribution in [2.75, 3.05) is 0 Å². The number of carbonyl (C=O) groups is 1. The summed E-state index contributed by atoms with van der Waals surface area (Å²) in [5, 5.41) is 8.81. The molecule has 0 amide bonds. The van der Waals surface area contributed by atoms with E-state index in [0.29, 0.717) is 0 Å². The van der Waals surface area contributed by atoms with Crippen LogP contribution < -0.4 is 0 Å². The van der Waals surface area contributed by atoms with Crippen LogP contribution in [-0.2, 0) is 0 Å². The third kappa shape index (κ3) is 2.63. The van der Waals surface area contributed by atoms with Crippen LogP contribution in [-0.4, -0.2) is 11.1 Å². The van der Waals surface area contributed by atoms with Crippen molar-refractivity contribution >= 4 is 21.9 Å². The number of aromatic carboxylic acids is 1. The van der Waals surface area contributed by atoms with Crippen LogP contribution in [0.4, 0.5) is 13.2 Å². The van der Waals surface area contributed by atoms with Crippen LogP contribution in [0.1, 0.15) is 10.4 Å². The van der Waals surface area contributed by atoms with Crippen molar-refractivity contribution in [2.45, 2.75) is 0 Å². The fraction of sp³-hybridized carbons (Fsp3) is 0. The summed E-state index contributed by atoms with van der Waals surface area (Å²) >= 11 is 2.89. The van der Waals surface area contributed by atoms with Gasteiger partial charge >= 0.3 is 5.97 Å². The van der Waals surface area contributed by atoms with Crippen molar-refractivity contribution in [1.82, 2.24) is 0 Å². The number of halogens is 4. The van der Waals surface area contributed by atoms with E-state index in [1.807, 2.05) is 0 Å². The molecule has 0 radical (unpaired) electrons. The molecule has 0 saturated heterocycles. The van der Waals surface area contributed by atoms with E-state index in [9.17, 15) is 18.0 Å². The van der Waals surface area contributed by atoms with Crippen LogP contribution in [0, 0.1) is 17.5 Å². The lowest BCUT2D eigenvalue weighted by atomic mass is 10.0. The molecule has 2 rings (SSSR count). The monoisotopic (exact) mass is 330 g/mol. The molecule has 0 aliphatic carbocycles. The van der Waals surface area contributed by atoms with E-state index in [2.05, 4.69) is 15.9 Å². The minimum atomic E-state index is -1.38. The fourth-order valence-electron chi connectivity index (χ4n) is 1.65. The fourth-order valence-corrected chi connectivity index (χ4v) is 1.98. The third-order valence-electron chi connectivity index (χ3n) is 2.48. The lowest BCUT2D eigenvalue weighted by molar-refractivity contribution is 0.0696. The molecule has 0 saturated carbocycles. The Morgan fingerprint density at radius 3 is 2.42 bits per heavy atom. The summed E-state index contributed by atoms with van der Waals surface area (Å²) < 4.78 is 40.8. The summed E-state index contributed by atoms with van der Waals surface area (Å²) in [6.07, 6.45) is 0. The highest BCUT2D eigenvalue weighted by Crippen LogP contribution is 2.31. The molecule has 2 aromatic rings. The van der Waals surface area contributed by atoms with Gasteiger partial charge in [-0.3, -0.25) is 0 Å². The molecule has 0 heterocycles. The summed E-state index contributed by atoms with van der Waals surface area (Å²) in [7, 11) is 0. The molecule has 0 aliphatic rings. The third-order valence-corrected chi connectivity index (χ3v) is 3.09. The Balaban J connectivity index is 2.72. The smallest absolute Gasteiger partial charge is 0.335 e. The van der Waals surface area contributed by atoms with E-state index in [-0.39, 0.29) is 15.6 Å². The van der Waals surface area contributed by atoms with Gasteiger partial charge in [-0.15, -0.1) is 0 Å². The number of rotatable bonds is 2. The SMILES string of the molecule is O=C(O)c1cc(F)cc(-c2c(F)ccc(Br)c2F)c1. The molecule has 19 heavy (non-hydrogen) atoms. The van der Waals surface area contributed by atoms with Gasteiger partial charge in [0.2, 0.25) is 0 Å². The molecular formula is C13H6BrF3O2. The molecule has 98 valence electrons. The van der Waals surface area contributed by atoms with Gasteiger partial charge < -0.3 is 5.11 Å². The first-order valence-electron chi connectivity index (χ1n) is 5.08. The van der Waals surface area contributed by atoms with Gasteiger partial charge in [-0.05, 0) is 51.8 Å². The van der Waals surface area contributed by atoms with Crippen LogP contribution in [0.5, 0.6) is 0 Å². The molecular weight excluding hydrogens is 325 g/mol. The second kappa shape index (κ2) is 5.05. The van der Waals surface area contributed by atoms with Gasteiger partial charge in [0.1, 0.15) is 17.5 Å². The van der Waals surface area contributed by atoms with Crippen molar-refractivity contribution in [3.05, 3.63) is 57.8 Å². The van der Waals surface area contributed by atoms with Crippen LogP contribution in [0.2, 0.25) is 0 Å². The van der Waals surface area contributed by atoms with E-state index in [4.69, 9.17) is 5.11 Å². The van der Waals surface area contributed by atoms with Crippen molar-refractivity contribution in [1.29, 1.82) is 0 Å². The first-order chi connectivity index (χ1) is 8.90. The first-order valence-corrected chi connectivity index (χ1v) is 5.87. The van der Waals surface area contributed by atoms with E-state index < -0.39 is 29.0 Å². The molecule has 1 N–H and O–H groups in total. The molecule has 6 heteroatoms. The lowest BCUT2D eigenvalue weighted by Gasteiger charge is -2.08. The number of carboxylic acids is 1.